The quantitative estimate of drug-likeness (QED) is 0.853. The molecule has 2 rings (SSSR count). The topological polar surface area (TPSA) is 38.9 Å². The van der Waals surface area contributed by atoms with Crippen molar-refractivity contribution < 1.29 is 0 Å². The maximum absolute atomic E-state index is 5.75. The lowest BCUT2D eigenvalue weighted by atomic mass is 9.85. The molecule has 1 aromatic carbocycles. The first kappa shape index (κ1) is 11.1. The average molecular weight is 214 g/mol. The number of fused-ring (bicyclic) bond motifs is 1. The van der Waals surface area contributed by atoms with Crippen LogP contribution in [0.25, 0.3) is 10.8 Å². The third-order valence-electron chi connectivity index (χ3n) is 2.94. The smallest absolute Gasteiger partial charge is 0.0346 e. The largest absolute Gasteiger partial charge is 0.330 e. The zero-order valence-electron chi connectivity index (χ0n) is 9.90. The molecule has 0 saturated heterocycles. The van der Waals surface area contributed by atoms with Crippen LogP contribution in [0.1, 0.15) is 19.4 Å². The Hall–Kier alpha value is -1.41. The molecule has 1 heterocycles. The monoisotopic (exact) mass is 214 g/mol. The lowest BCUT2D eigenvalue weighted by Crippen LogP contribution is -2.25. The molecule has 0 aliphatic carbocycles. The Balaban J connectivity index is 2.33. The summed E-state index contributed by atoms with van der Waals surface area (Å²) in [5.41, 5.74) is 7.25. The molecule has 16 heavy (non-hydrogen) atoms. The van der Waals surface area contributed by atoms with E-state index < -0.39 is 0 Å². The highest BCUT2D eigenvalue weighted by Gasteiger charge is 2.16. The van der Waals surface area contributed by atoms with Crippen molar-refractivity contribution in [3.63, 3.8) is 0 Å². The summed E-state index contributed by atoms with van der Waals surface area (Å²) in [5.74, 6) is 0. The van der Waals surface area contributed by atoms with Crippen LogP contribution < -0.4 is 5.73 Å². The standard InChI is InChI=1S/C14H18N2/c1-14(2,10-15)8-11-3-4-12-5-6-16-9-13(12)7-11/h3-7,9H,8,10,15H2,1-2H3. The van der Waals surface area contributed by atoms with Crippen LogP contribution in [0.5, 0.6) is 0 Å². The van der Waals surface area contributed by atoms with E-state index in [1.54, 1.807) is 0 Å². The van der Waals surface area contributed by atoms with Crippen LogP contribution in [0.3, 0.4) is 0 Å². The van der Waals surface area contributed by atoms with Crippen LogP contribution in [0, 0.1) is 5.41 Å². The maximum atomic E-state index is 5.75. The molecule has 2 heteroatoms. The molecule has 0 unspecified atom stereocenters. The van der Waals surface area contributed by atoms with Crippen molar-refractivity contribution in [2.45, 2.75) is 20.3 Å². The molecule has 2 aromatic rings. The fraction of sp³-hybridized carbons (Fsp3) is 0.357. The normalized spacial score (nSPS) is 11.9. The highest BCUT2D eigenvalue weighted by Crippen LogP contribution is 2.22. The lowest BCUT2D eigenvalue weighted by molar-refractivity contribution is 0.377. The minimum atomic E-state index is 0.163. The fourth-order valence-electron chi connectivity index (χ4n) is 1.87. The van der Waals surface area contributed by atoms with Crippen molar-refractivity contribution in [2.24, 2.45) is 11.1 Å². The number of nitrogens with two attached hydrogens (primary N) is 1. The molecule has 0 atom stereocenters. The number of aromatic nitrogens is 1. The van der Waals surface area contributed by atoms with E-state index >= 15 is 0 Å². The van der Waals surface area contributed by atoms with Crippen molar-refractivity contribution >= 4 is 10.8 Å². The first-order valence-electron chi connectivity index (χ1n) is 5.63. The zero-order valence-corrected chi connectivity index (χ0v) is 9.90. The number of pyridine rings is 1. The minimum Gasteiger partial charge on any atom is -0.330 e. The molecule has 0 saturated carbocycles. The van der Waals surface area contributed by atoms with Crippen LogP contribution in [-0.4, -0.2) is 11.5 Å². The van der Waals surface area contributed by atoms with Gasteiger partial charge in [-0.3, -0.25) is 4.98 Å². The van der Waals surface area contributed by atoms with E-state index in [0.717, 1.165) is 6.42 Å². The van der Waals surface area contributed by atoms with E-state index in [1.807, 2.05) is 18.5 Å². The highest BCUT2D eigenvalue weighted by molar-refractivity contribution is 5.81. The summed E-state index contributed by atoms with van der Waals surface area (Å²) in [6, 6.07) is 8.58. The van der Waals surface area contributed by atoms with Gasteiger partial charge in [-0.05, 0) is 41.5 Å². The van der Waals surface area contributed by atoms with Crippen molar-refractivity contribution in [3.05, 3.63) is 42.2 Å². The van der Waals surface area contributed by atoms with Gasteiger partial charge in [0.25, 0.3) is 0 Å². The number of hydrogen-bond donors (Lipinski definition) is 1. The van der Waals surface area contributed by atoms with E-state index in [2.05, 4.69) is 37.0 Å². The number of hydrogen-bond acceptors (Lipinski definition) is 2. The van der Waals surface area contributed by atoms with Crippen LogP contribution >= 0.6 is 0 Å². The summed E-state index contributed by atoms with van der Waals surface area (Å²) in [7, 11) is 0. The molecule has 0 amide bonds. The zero-order chi connectivity index (χ0) is 11.6. The Labute approximate surface area is 96.5 Å². The Morgan fingerprint density at radius 1 is 1.19 bits per heavy atom. The first-order chi connectivity index (χ1) is 7.61. The van der Waals surface area contributed by atoms with Gasteiger partial charge < -0.3 is 5.73 Å². The van der Waals surface area contributed by atoms with E-state index in [1.165, 1.54) is 16.3 Å². The number of benzene rings is 1. The second kappa shape index (κ2) is 4.22. The summed E-state index contributed by atoms with van der Waals surface area (Å²) < 4.78 is 0. The molecule has 0 bridgehead atoms. The van der Waals surface area contributed by atoms with Crippen molar-refractivity contribution in [2.75, 3.05) is 6.54 Å². The molecule has 0 spiro atoms. The Morgan fingerprint density at radius 2 is 2.00 bits per heavy atom. The molecule has 0 aliphatic rings. The van der Waals surface area contributed by atoms with Crippen LogP contribution in [-0.2, 0) is 6.42 Å². The number of rotatable bonds is 3. The van der Waals surface area contributed by atoms with Gasteiger partial charge in [-0.25, -0.2) is 0 Å². The Kier molecular flexibility index (Phi) is 2.92. The van der Waals surface area contributed by atoms with Gasteiger partial charge in [-0.1, -0.05) is 26.0 Å². The summed E-state index contributed by atoms with van der Waals surface area (Å²) in [6.45, 7) is 5.10. The molecule has 0 radical (unpaired) electrons. The molecule has 0 aliphatic heterocycles. The minimum absolute atomic E-state index is 0.163. The summed E-state index contributed by atoms with van der Waals surface area (Å²) in [4.78, 5) is 4.15. The molecule has 0 fully saturated rings. The van der Waals surface area contributed by atoms with Crippen LogP contribution in [0.15, 0.2) is 36.7 Å². The van der Waals surface area contributed by atoms with Crippen molar-refractivity contribution in [1.82, 2.24) is 4.98 Å². The van der Waals surface area contributed by atoms with Gasteiger partial charge in [0.2, 0.25) is 0 Å². The Bertz CT molecular complexity index is 489. The molecular weight excluding hydrogens is 196 g/mol. The van der Waals surface area contributed by atoms with E-state index in [-0.39, 0.29) is 5.41 Å². The highest BCUT2D eigenvalue weighted by atomic mass is 14.6. The van der Waals surface area contributed by atoms with E-state index in [9.17, 15) is 0 Å². The molecular formula is C14H18N2. The van der Waals surface area contributed by atoms with E-state index in [0.29, 0.717) is 6.54 Å². The van der Waals surface area contributed by atoms with Gasteiger partial charge in [0.1, 0.15) is 0 Å². The lowest BCUT2D eigenvalue weighted by Gasteiger charge is -2.22. The van der Waals surface area contributed by atoms with Crippen LogP contribution in [0.4, 0.5) is 0 Å². The predicted octanol–water partition coefficient (Wildman–Crippen LogP) is 2.76. The fourth-order valence-corrected chi connectivity index (χ4v) is 1.87. The molecule has 1 aromatic heterocycles. The predicted molar refractivity (Wildman–Crippen MR) is 68.3 cm³/mol. The van der Waals surface area contributed by atoms with Gasteiger partial charge in [-0.15, -0.1) is 0 Å². The molecule has 2 nitrogen and oxygen atoms in total. The number of nitrogens with zero attached hydrogens (tertiary/aromatic N) is 1. The van der Waals surface area contributed by atoms with Crippen molar-refractivity contribution in [3.8, 4) is 0 Å². The maximum Gasteiger partial charge on any atom is 0.0346 e. The average Bonchev–Trinajstić information content (AvgIpc) is 2.28. The van der Waals surface area contributed by atoms with E-state index in [4.69, 9.17) is 5.73 Å². The molecule has 84 valence electrons. The van der Waals surface area contributed by atoms with Gasteiger partial charge in [-0.2, -0.15) is 0 Å². The van der Waals surface area contributed by atoms with Gasteiger partial charge >= 0.3 is 0 Å². The summed E-state index contributed by atoms with van der Waals surface area (Å²) >= 11 is 0. The third-order valence-corrected chi connectivity index (χ3v) is 2.94. The first-order valence-corrected chi connectivity index (χ1v) is 5.63. The summed E-state index contributed by atoms with van der Waals surface area (Å²) in [5, 5.41) is 2.44. The van der Waals surface area contributed by atoms with Gasteiger partial charge in [0, 0.05) is 17.8 Å². The van der Waals surface area contributed by atoms with Crippen molar-refractivity contribution in [1.29, 1.82) is 0 Å². The van der Waals surface area contributed by atoms with Gasteiger partial charge in [0.05, 0.1) is 0 Å². The summed E-state index contributed by atoms with van der Waals surface area (Å²) in [6.07, 6.45) is 4.74. The second-order valence-electron chi connectivity index (χ2n) is 5.10. The van der Waals surface area contributed by atoms with Gasteiger partial charge in [0.15, 0.2) is 0 Å². The second-order valence-corrected chi connectivity index (χ2v) is 5.10. The Morgan fingerprint density at radius 3 is 2.75 bits per heavy atom. The third kappa shape index (κ3) is 2.39. The SMILES string of the molecule is CC(C)(CN)Cc1ccc2ccncc2c1. The molecule has 2 N–H and O–H groups in total. The van der Waals surface area contributed by atoms with Crippen LogP contribution in [0.2, 0.25) is 0 Å².